The Balaban J connectivity index is 1.96. The molecule has 3 rings (SSSR count). The molecular weight excluding hydrogens is 246 g/mol. The second-order valence-electron chi connectivity index (χ2n) is 4.15. The maximum atomic E-state index is 4.33. The molecule has 2 N–H and O–H groups in total. The molecule has 5 nitrogen and oxygen atoms in total. The number of aromatic amines is 1. The van der Waals surface area contributed by atoms with Gasteiger partial charge in [-0.2, -0.15) is 5.10 Å². The van der Waals surface area contributed by atoms with Crippen molar-refractivity contribution in [3.8, 4) is 0 Å². The molecule has 0 spiro atoms. The van der Waals surface area contributed by atoms with Crippen LogP contribution in [0.3, 0.4) is 0 Å². The molecule has 18 heavy (non-hydrogen) atoms. The third kappa shape index (κ3) is 1.84. The van der Waals surface area contributed by atoms with Crippen LogP contribution in [0.2, 0.25) is 0 Å². The number of rotatable bonds is 3. The van der Waals surface area contributed by atoms with Crippen LogP contribution in [0.15, 0.2) is 18.7 Å². The monoisotopic (exact) mass is 259 g/mol. The first-order chi connectivity index (χ1) is 8.75. The predicted octanol–water partition coefficient (Wildman–Crippen LogP) is 2.64. The van der Waals surface area contributed by atoms with E-state index in [1.54, 1.807) is 23.9 Å². The minimum Gasteiger partial charge on any atom is -0.365 e. The molecule has 0 atom stereocenters. The fourth-order valence-electron chi connectivity index (χ4n) is 1.88. The number of fused-ring (bicyclic) bond motifs is 1. The van der Waals surface area contributed by atoms with Crippen LogP contribution in [-0.2, 0) is 6.54 Å². The van der Waals surface area contributed by atoms with E-state index in [1.165, 1.54) is 10.4 Å². The van der Waals surface area contributed by atoms with Crippen LogP contribution in [0, 0.1) is 13.8 Å². The van der Waals surface area contributed by atoms with Crippen LogP contribution in [0.5, 0.6) is 0 Å². The Kier molecular flexibility index (Phi) is 2.71. The normalized spacial score (nSPS) is 11.0. The van der Waals surface area contributed by atoms with Gasteiger partial charge in [-0.05, 0) is 19.4 Å². The summed E-state index contributed by atoms with van der Waals surface area (Å²) in [5.74, 6) is 0.892. The van der Waals surface area contributed by atoms with Crippen LogP contribution in [0.4, 0.5) is 5.82 Å². The molecule has 0 bridgehead atoms. The largest absolute Gasteiger partial charge is 0.365 e. The van der Waals surface area contributed by atoms with Crippen molar-refractivity contribution in [3.63, 3.8) is 0 Å². The van der Waals surface area contributed by atoms with Gasteiger partial charge in [0.15, 0.2) is 0 Å². The van der Waals surface area contributed by atoms with Crippen molar-refractivity contribution in [1.29, 1.82) is 0 Å². The minimum absolute atomic E-state index is 0.705. The van der Waals surface area contributed by atoms with E-state index in [4.69, 9.17) is 0 Å². The molecule has 3 aromatic heterocycles. The quantitative estimate of drug-likeness (QED) is 0.759. The zero-order chi connectivity index (χ0) is 12.5. The molecule has 0 aliphatic heterocycles. The Hall–Kier alpha value is -1.95. The zero-order valence-electron chi connectivity index (χ0n) is 10.2. The topological polar surface area (TPSA) is 66.5 Å². The van der Waals surface area contributed by atoms with Gasteiger partial charge in [0, 0.05) is 23.2 Å². The van der Waals surface area contributed by atoms with E-state index in [1.807, 2.05) is 6.20 Å². The van der Waals surface area contributed by atoms with Gasteiger partial charge in [0.1, 0.15) is 17.0 Å². The van der Waals surface area contributed by atoms with E-state index < -0.39 is 0 Å². The smallest absolute Gasteiger partial charge is 0.138 e. The van der Waals surface area contributed by atoms with Crippen molar-refractivity contribution in [3.05, 3.63) is 34.7 Å². The summed E-state index contributed by atoms with van der Waals surface area (Å²) in [5.41, 5.74) is 2.36. The molecule has 3 aromatic rings. The highest BCUT2D eigenvalue weighted by Gasteiger charge is 2.11. The standard InChI is InChI=1S/C12H13N5S/c1-7-8(2)18-12-10(7)11(14-6-15-12)13-3-9-4-16-17-5-9/h4-6H,3H2,1-2H3,(H,16,17)(H,13,14,15). The molecule has 0 unspecified atom stereocenters. The third-order valence-corrected chi connectivity index (χ3v) is 4.10. The number of aromatic nitrogens is 4. The number of nitrogens with zero attached hydrogens (tertiary/aromatic N) is 3. The van der Waals surface area contributed by atoms with Crippen LogP contribution in [0.25, 0.3) is 10.2 Å². The molecular formula is C12H13N5S. The molecule has 0 saturated carbocycles. The summed E-state index contributed by atoms with van der Waals surface area (Å²) in [4.78, 5) is 11.0. The number of hydrogen-bond donors (Lipinski definition) is 2. The number of H-pyrrole nitrogens is 1. The second kappa shape index (κ2) is 4.38. The van der Waals surface area contributed by atoms with Crippen LogP contribution in [-0.4, -0.2) is 20.2 Å². The fourth-order valence-corrected chi connectivity index (χ4v) is 2.87. The summed E-state index contributed by atoms with van der Waals surface area (Å²) in [7, 11) is 0. The molecule has 6 heteroatoms. The Bertz CT molecular complexity index is 671. The predicted molar refractivity (Wildman–Crippen MR) is 72.8 cm³/mol. The summed E-state index contributed by atoms with van der Waals surface area (Å²) in [6.07, 6.45) is 5.28. The van der Waals surface area contributed by atoms with Crippen LogP contribution < -0.4 is 5.32 Å². The number of anilines is 1. The van der Waals surface area contributed by atoms with Crippen molar-refractivity contribution >= 4 is 27.4 Å². The fraction of sp³-hybridized carbons (Fsp3) is 0.250. The van der Waals surface area contributed by atoms with Gasteiger partial charge < -0.3 is 5.32 Å². The van der Waals surface area contributed by atoms with Gasteiger partial charge in [-0.15, -0.1) is 11.3 Å². The Morgan fingerprint density at radius 3 is 3.00 bits per heavy atom. The first-order valence-corrected chi connectivity index (χ1v) is 6.49. The highest BCUT2D eigenvalue weighted by molar-refractivity contribution is 7.18. The number of aryl methyl sites for hydroxylation is 2. The lowest BCUT2D eigenvalue weighted by molar-refractivity contribution is 1.09. The van der Waals surface area contributed by atoms with Gasteiger partial charge in [0.05, 0.1) is 11.6 Å². The molecule has 92 valence electrons. The van der Waals surface area contributed by atoms with E-state index in [0.717, 1.165) is 21.6 Å². The van der Waals surface area contributed by atoms with Gasteiger partial charge in [-0.3, -0.25) is 5.10 Å². The van der Waals surface area contributed by atoms with Gasteiger partial charge in [0.25, 0.3) is 0 Å². The van der Waals surface area contributed by atoms with Crippen LogP contribution >= 0.6 is 11.3 Å². The van der Waals surface area contributed by atoms with E-state index >= 15 is 0 Å². The van der Waals surface area contributed by atoms with Crippen molar-refractivity contribution in [2.75, 3.05) is 5.32 Å². The van der Waals surface area contributed by atoms with E-state index in [-0.39, 0.29) is 0 Å². The van der Waals surface area contributed by atoms with Gasteiger partial charge in [-0.25, -0.2) is 9.97 Å². The van der Waals surface area contributed by atoms with Crippen molar-refractivity contribution in [2.45, 2.75) is 20.4 Å². The lowest BCUT2D eigenvalue weighted by Crippen LogP contribution is -2.01. The van der Waals surface area contributed by atoms with Crippen molar-refractivity contribution in [2.24, 2.45) is 0 Å². The van der Waals surface area contributed by atoms with E-state index in [2.05, 4.69) is 39.3 Å². The highest BCUT2D eigenvalue weighted by atomic mass is 32.1. The zero-order valence-corrected chi connectivity index (χ0v) is 11.0. The molecule has 0 fully saturated rings. The molecule has 0 aliphatic carbocycles. The Labute approximate surface area is 108 Å². The summed E-state index contributed by atoms with van der Waals surface area (Å²) >= 11 is 1.71. The van der Waals surface area contributed by atoms with E-state index in [0.29, 0.717) is 6.54 Å². The highest BCUT2D eigenvalue weighted by Crippen LogP contribution is 2.32. The first-order valence-electron chi connectivity index (χ1n) is 5.68. The molecule has 0 saturated heterocycles. The number of nitrogens with one attached hydrogen (secondary N) is 2. The second-order valence-corrected chi connectivity index (χ2v) is 5.35. The summed E-state index contributed by atoms with van der Waals surface area (Å²) in [6.45, 7) is 4.93. The summed E-state index contributed by atoms with van der Waals surface area (Å²) in [5, 5.41) is 11.2. The maximum Gasteiger partial charge on any atom is 0.138 e. The lowest BCUT2D eigenvalue weighted by atomic mass is 10.2. The molecule has 3 heterocycles. The Morgan fingerprint density at radius 1 is 1.33 bits per heavy atom. The summed E-state index contributed by atoms with van der Waals surface area (Å²) < 4.78 is 0. The average molecular weight is 259 g/mol. The SMILES string of the molecule is Cc1sc2ncnc(NCc3cn[nH]c3)c2c1C. The third-order valence-electron chi connectivity index (χ3n) is 2.98. The molecule has 0 aromatic carbocycles. The number of thiophene rings is 1. The van der Waals surface area contributed by atoms with Crippen LogP contribution in [0.1, 0.15) is 16.0 Å². The van der Waals surface area contributed by atoms with Gasteiger partial charge in [-0.1, -0.05) is 0 Å². The molecule has 0 radical (unpaired) electrons. The molecule has 0 amide bonds. The first kappa shape index (κ1) is 11.2. The minimum atomic E-state index is 0.705. The Morgan fingerprint density at radius 2 is 2.22 bits per heavy atom. The average Bonchev–Trinajstić information content (AvgIpc) is 2.97. The van der Waals surface area contributed by atoms with Gasteiger partial charge >= 0.3 is 0 Å². The molecule has 0 aliphatic rings. The van der Waals surface area contributed by atoms with Crippen molar-refractivity contribution in [1.82, 2.24) is 20.2 Å². The maximum absolute atomic E-state index is 4.33. The number of hydrogen-bond acceptors (Lipinski definition) is 5. The van der Waals surface area contributed by atoms with Gasteiger partial charge in [0.2, 0.25) is 0 Å². The lowest BCUT2D eigenvalue weighted by Gasteiger charge is -2.05. The van der Waals surface area contributed by atoms with E-state index in [9.17, 15) is 0 Å². The van der Waals surface area contributed by atoms with Crippen molar-refractivity contribution < 1.29 is 0 Å². The summed E-state index contributed by atoms with van der Waals surface area (Å²) in [6, 6.07) is 0.